The van der Waals surface area contributed by atoms with Gasteiger partial charge in [0.1, 0.15) is 0 Å². The van der Waals surface area contributed by atoms with Crippen LogP contribution in [0.1, 0.15) is 31.9 Å². The first kappa shape index (κ1) is 18.8. The molecule has 0 spiro atoms. The fraction of sp³-hybridized carbons (Fsp3) is 0.381. The maximum absolute atomic E-state index is 13.2. The predicted octanol–water partition coefficient (Wildman–Crippen LogP) is 4.67. The number of rotatable bonds is 2. The Morgan fingerprint density at radius 3 is 2.59 bits per heavy atom. The standard InChI is InChI=1S/C21H22Cl2N2O2/c1-13(2)25-19-9-8-15(22)10-17(19)21(16-6-4-5-7-18(16)23)24(11-20(25)26)14(3)12-27-21/h4-10,13-14H,11-12H2,1-3H3. The highest BCUT2D eigenvalue weighted by Gasteiger charge is 2.54. The fourth-order valence-corrected chi connectivity index (χ4v) is 4.69. The average Bonchev–Trinajstić information content (AvgIpc) is 2.88. The first-order valence-electron chi connectivity index (χ1n) is 9.14. The lowest BCUT2D eigenvalue weighted by Crippen LogP contribution is -2.48. The Balaban J connectivity index is 2.08. The van der Waals surface area contributed by atoms with Crippen molar-refractivity contribution in [2.24, 2.45) is 0 Å². The number of amides is 1. The van der Waals surface area contributed by atoms with E-state index in [4.69, 9.17) is 27.9 Å². The van der Waals surface area contributed by atoms with Gasteiger partial charge in [-0.25, -0.2) is 0 Å². The van der Waals surface area contributed by atoms with Crippen LogP contribution >= 0.6 is 23.2 Å². The predicted molar refractivity (Wildman–Crippen MR) is 108 cm³/mol. The molecule has 1 amide bonds. The maximum Gasteiger partial charge on any atom is 0.241 e. The molecule has 4 nitrogen and oxygen atoms in total. The number of ether oxygens (including phenoxy) is 1. The highest BCUT2D eigenvalue weighted by Crippen LogP contribution is 2.50. The van der Waals surface area contributed by atoms with Crippen molar-refractivity contribution in [3.63, 3.8) is 0 Å². The molecule has 1 fully saturated rings. The summed E-state index contributed by atoms with van der Waals surface area (Å²) in [5, 5.41) is 1.20. The summed E-state index contributed by atoms with van der Waals surface area (Å²) in [6.07, 6.45) is 0. The Bertz CT molecular complexity index is 902. The van der Waals surface area contributed by atoms with Crippen LogP contribution in [0.3, 0.4) is 0 Å². The van der Waals surface area contributed by atoms with E-state index in [1.54, 1.807) is 0 Å². The van der Waals surface area contributed by atoms with Crippen LogP contribution in [-0.4, -0.2) is 36.0 Å². The summed E-state index contributed by atoms with van der Waals surface area (Å²) in [6, 6.07) is 13.4. The van der Waals surface area contributed by atoms with Crippen LogP contribution in [0, 0.1) is 0 Å². The second kappa shape index (κ2) is 6.78. The molecule has 6 heteroatoms. The number of carbonyl (C=O) groups is 1. The molecule has 1 saturated heterocycles. The molecule has 0 N–H and O–H groups in total. The Labute approximate surface area is 169 Å². The largest absolute Gasteiger partial charge is 0.350 e. The molecule has 4 rings (SSSR count). The third-order valence-electron chi connectivity index (χ3n) is 5.38. The number of carbonyl (C=O) groups excluding carboxylic acids is 1. The summed E-state index contributed by atoms with van der Waals surface area (Å²) in [4.78, 5) is 17.2. The van der Waals surface area contributed by atoms with Crippen molar-refractivity contribution in [1.29, 1.82) is 0 Å². The quantitative estimate of drug-likeness (QED) is 0.728. The molecule has 0 aliphatic carbocycles. The lowest BCUT2D eigenvalue weighted by Gasteiger charge is -2.38. The van der Waals surface area contributed by atoms with Gasteiger partial charge >= 0.3 is 0 Å². The smallest absolute Gasteiger partial charge is 0.241 e. The SMILES string of the molecule is CC(C)N1C(=O)CN2C(C)COC2(c2ccccc2Cl)c2cc(Cl)ccc21. The number of fused-ring (bicyclic) bond motifs is 3. The van der Waals surface area contributed by atoms with E-state index in [9.17, 15) is 4.79 Å². The van der Waals surface area contributed by atoms with E-state index in [-0.39, 0.29) is 24.5 Å². The summed E-state index contributed by atoms with van der Waals surface area (Å²) in [7, 11) is 0. The Kier molecular flexibility index (Phi) is 4.71. The van der Waals surface area contributed by atoms with Crippen molar-refractivity contribution in [2.75, 3.05) is 18.1 Å². The van der Waals surface area contributed by atoms with Gasteiger partial charge in [-0.05, 0) is 45.0 Å². The molecule has 0 bridgehead atoms. The fourth-order valence-electron chi connectivity index (χ4n) is 4.25. The third-order valence-corrected chi connectivity index (χ3v) is 5.95. The molecular weight excluding hydrogens is 383 g/mol. The van der Waals surface area contributed by atoms with Crippen LogP contribution in [0.4, 0.5) is 5.69 Å². The van der Waals surface area contributed by atoms with Gasteiger partial charge in [0.25, 0.3) is 0 Å². The lowest BCUT2D eigenvalue weighted by molar-refractivity contribution is -0.124. The van der Waals surface area contributed by atoms with Crippen LogP contribution in [0.15, 0.2) is 42.5 Å². The summed E-state index contributed by atoms with van der Waals surface area (Å²) in [5.74, 6) is 0.0415. The van der Waals surface area contributed by atoms with Crippen molar-refractivity contribution in [3.05, 3.63) is 63.6 Å². The second-order valence-corrected chi connectivity index (χ2v) is 8.27. The van der Waals surface area contributed by atoms with E-state index < -0.39 is 5.72 Å². The van der Waals surface area contributed by atoms with Crippen molar-refractivity contribution < 1.29 is 9.53 Å². The molecule has 2 aliphatic heterocycles. The van der Waals surface area contributed by atoms with Crippen LogP contribution in [0.2, 0.25) is 10.0 Å². The number of anilines is 1. The average molecular weight is 405 g/mol. The summed E-state index contributed by atoms with van der Waals surface area (Å²) < 4.78 is 6.47. The second-order valence-electron chi connectivity index (χ2n) is 7.43. The van der Waals surface area contributed by atoms with Crippen molar-refractivity contribution in [1.82, 2.24) is 4.90 Å². The number of nitrogens with zero attached hydrogens (tertiary/aromatic N) is 2. The van der Waals surface area contributed by atoms with Crippen LogP contribution in [-0.2, 0) is 15.3 Å². The molecule has 2 aromatic rings. The summed E-state index contributed by atoms with van der Waals surface area (Å²) in [6.45, 7) is 6.85. The van der Waals surface area contributed by atoms with Gasteiger partial charge in [0.2, 0.25) is 5.91 Å². The van der Waals surface area contributed by atoms with Gasteiger partial charge in [-0.15, -0.1) is 0 Å². The maximum atomic E-state index is 13.2. The van der Waals surface area contributed by atoms with Gasteiger partial charge in [-0.3, -0.25) is 9.69 Å². The molecule has 2 heterocycles. The topological polar surface area (TPSA) is 32.8 Å². The molecule has 2 aliphatic rings. The summed E-state index contributed by atoms with van der Waals surface area (Å²) in [5.41, 5.74) is 1.55. The summed E-state index contributed by atoms with van der Waals surface area (Å²) >= 11 is 13.0. The number of hydrogen-bond acceptors (Lipinski definition) is 3. The molecule has 2 atom stereocenters. The van der Waals surface area contributed by atoms with E-state index in [0.717, 1.165) is 16.8 Å². The van der Waals surface area contributed by atoms with Gasteiger partial charge in [0, 0.05) is 33.3 Å². The monoisotopic (exact) mass is 404 g/mol. The highest BCUT2D eigenvalue weighted by molar-refractivity contribution is 6.31. The minimum absolute atomic E-state index is 0.0102. The molecule has 27 heavy (non-hydrogen) atoms. The molecular formula is C21H22Cl2N2O2. The van der Waals surface area contributed by atoms with Crippen molar-refractivity contribution in [3.8, 4) is 0 Å². The number of benzene rings is 2. The van der Waals surface area contributed by atoms with Crippen molar-refractivity contribution in [2.45, 2.75) is 38.6 Å². The van der Waals surface area contributed by atoms with E-state index in [2.05, 4.69) is 11.8 Å². The Morgan fingerprint density at radius 1 is 1.15 bits per heavy atom. The van der Waals surface area contributed by atoms with Gasteiger partial charge in [0.05, 0.1) is 18.8 Å². The zero-order valence-corrected chi connectivity index (χ0v) is 17.1. The van der Waals surface area contributed by atoms with E-state index in [1.165, 1.54) is 0 Å². The molecule has 0 radical (unpaired) electrons. The van der Waals surface area contributed by atoms with E-state index in [0.29, 0.717) is 16.7 Å². The lowest BCUT2D eigenvalue weighted by atomic mass is 9.91. The highest BCUT2D eigenvalue weighted by atomic mass is 35.5. The molecule has 0 saturated carbocycles. The molecule has 2 unspecified atom stereocenters. The first-order chi connectivity index (χ1) is 12.9. The normalized spacial score (nSPS) is 25.5. The van der Waals surface area contributed by atoms with Crippen molar-refractivity contribution >= 4 is 34.8 Å². The van der Waals surface area contributed by atoms with Gasteiger partial charge in [0.15, 0.2) is 5.72 Å². The van der Waals surface area contributed by atoms with Crippen LogP contribution < -0.4 is 4.90 Å². The zero-order valence-electron chi connectivity index (χ0n) is 15.6. The minimum Gasteiger partial charge on any atom is -0.350 e. The molecule has 0 aromatic heterocycles. The Morgan fingerprint density at radius 2 is 1.89 bits per heavy atom. The zero-order chi connectivity index (χ0) is 19.3. The van der Waals surface area contributed by atoms with Gasteiger partial charge < -0.3 is 9.64 Å². The van der Waals surface area contributed by atoms with E-state index in [1.807, 2.05) is 61.2 Å². The number of hydrogen-bond donors (Lipinski definition) is 0. The Hall–Kier alpha value is -1.59. The molecule has 142 valence electrons. The number of halogens is 2. The van der Waals surface area contributed by atoms with Gasteiger partial charge in [-0.1, -0.05) is 41.4 Å². The first-order valence-corrected chi connectivity index (χ1v) is 9.89. The van der Waals surface area contributed by atoms with Crippen LogP contribution in [0.25, 0.3) is 0 Å². The van der Waals surface area contributed by atoms with Gasteiger partial charge in [-0.2, -0.15) is 0 Å². The van der Waals surface area contributed by atoms with E-state index >= 15 is 0 Å². The third kappa shape index (κ3) is 2.78. The van der Waals surface area contributed by atoms with Crippen LogP contribution in [0.5, 0.6) is 0 Å². The minimum atomic E-state index is -0.947. The molecule has 2 aromatic carbocycles.